The number of carbonyl (C=O) groups excluding carboxylic acids is 1. The highest BCUT2D eigenvalue weighted by molar-refractivity contribution is 7.10. The van der Waals surface area contributed by atoms with Crippen molar-refractivity contribution in [2.45, 2.75) is 32.7 Å². The number of rotatable bonds is 7. The molecule has 1 fully saturated rings. The lowest BCUT2D eigenvalue weighted by Gasteiger charge is -2.17. The van der Waals surface area contributed by atoms with E-state index in [1.807, 2.05) is 0 Å². The van der Waals surface area contributed by atoms with Crippen molar-refractivity contribution in [1.29, 1.82) is 0 Å². The molecule has 18 heavy (non-hydrogen) atoms. The van der Waals surface area contributed by atoms with Gasteiger partial charge in [-0.05, 0) is 36.1 Å². The Hall–Kier alpha value is -0.870. The number of thiophene rings is 1. The van der Waals surface area contributed by atoms with E-state index >= 15 is 0 Å². The average Bonchev–Trinajstić information content (AvgIpc) is 3.02. The zero-order valence-electron chi connectivity index (χ0n) is 11.1. The molecule has 1 aliphatic rings. The van der Waals surface area contributed by atoms with E-state index in [4.69, 9.17) is 0 Å². The van der Waals surface area contributed by atoms with Gasteiger partial charge in [-0.15, -0.1) is 11.3 Å². The van der Waals surface area contributed by atoms with Crippen molar-refractivity contribution in [1.82, 2.24) is 10.6 Å². The molecule has 1 saturated carbocycles. The predicted molar refractivity (Wildman–Crippen MR) is 75.6 cm³/mol. The van der Waals surface area contributed by atoms with Crippen LogP contribution in [-0.4, -0.2) is 19.0 Å². The molecule has 100 valence electrons. The van der Waals surface area contributed by atoms with E-state index in [9.17, 15) is 4.79 Å². The standard InChI is InChI=1S/C14H22N2OS/c1-10(2)8-15-13(17)9-16-14(11-5-6-11)12-4-3-7-18-12/h3-4,7,10-11,14,16H,5-6,8-9H2,1-2H3,(H,15,17). The second-order valence-corrected chi connectivity index (χ2v) is 6.39. The first-order valence-corrected chi connectivity index (χ1v) is 7.58. The van der Waals surface area contributed by atoms with Crippen LogP contribution in [0, 0.1) is 11.8 Å². The Kier molecular flexibility index (Phi) is 4.78. The molecule has 0 saturated heterocycles. The van der Waals surface area contributed by atoms with Crippen LogP contribution in [0.5, 0.6) is 0 Å². The van der Waals surface area contributed by atoms with Gasteiger partial charge in [0.05, 0.1) is 6.54 Å². The van der Waals surface area contributed by atoms with Crippen molar-refractivity contribution in [2.24, 2.45) is 11.8 Å². The Morgan fingerprint density at radius 1 is 1.50 bits per heavy atom. The summed E-state index contributed by atoms with van der Waals surface area (Å²) in [4.78, 5) is 13.1. The van der Waals surface area contributed by atoms with E-state index in [1.165, 1.54) is 17.7 Å². The second-order valence-electron chi connectivity index (χ2n) is 5.41. The van der Waals surface area contributed by atoms with Crippen LogP contribution in [0.2, 0.25) is 0 Å². The number of hydrogen-bond donors (Lipinski definition) is 2. The molecule has 0 spiro atoms. The quantitative estimate of drug-likeness (QED) is 0.796. The summed E-state index contributed by atoms with van der Waals surface area (Å²) in [5.41, 5.74) is 0. The van der Waals surface area contributed by atoms with E-state index in [0.717, 1.165) is 12.5 Å². The van der Waals surface area contributed by atoms with Crippen molar-refractivity contribution in [3.8, 4) is 0 Å². The maximum atomic E-state index is 11.7. The van der Waals surface area contributed by atoms with Crippen molar-refractivity contribution in [2.75, 3.05) is 13.1 Å². The van der Waals surface area contributed by atoms with Crippen LogP contribution in [0.15, 0.2) is 17.5 Å². The average molecular weight is 266 g/mol. The van der Waals surface area contributed by atoms with Crippen LogP contribution in [0.25, 0.3) is 0 Å². The fraction of sp³-hybridized carbons (Fsp3) is 0.643. The molecular weight excluding hydrogens is 244 g/mol. The molecule has 1 aromatic rings. The largest absolute Gasteiger partial charge is 0.355 e. The fourth-order valence-corrected chi connectivity index (χ4v) is 2.87. The Labute approximate surface area is 113 Å². The highest BCUT2D eigenvalue weighted by Gasteiger charge is 2.32. The summed E-state index contributed by atoms with van der Waals surface area (Å²) in [5, 5.41) is 8.45. The molecule has 3 nitrogen and oxygen atoms in total. The SMILES string of the molecule is CC(C)CNC(=O)CNC(c1cccs1)C1CC1. The number of amides is 1. The molecule has 1 aliphatic carbocycles. The Morgan fingerprint density at radius 2 is 2.28 bits per heavy atom. The zero-order valence-corrected chi connectivity index (χ0v) is 11.9. The van der Waals surface area contributed by atoms with Gasteiger partial charge in [-0.2, -0.15) is 0 Å². The highest BCUT2D eigenvalue weighted by atomic mass is 32.1. The Balaban J connectivity index is 1.78. The van der Waals surface area contributed by atoms with Crippen LogP contribution in [0.1, 0.15) is 37.6 Å². The molecule has 0 bridgehead atoms. The van der Waals surface area contributed by atoms with Gasteiger partial charge in [0.2, 0.25) is 5.91 Å². The lowest BCUT2D eigenvalue weighted by molar-refractivity contribution is -0.120. The first-order valence-electron chi connectivity index (χ1n) is 6.70. The summed E-state index contributed by atoms with van der Waals surface area (Å²) in [6.45, 7) is 5.39. The minimum Gasteiger partial charge on any atom is -0.355 e. The third-order valence-electron chi connectivity index (χ3n) is 3.13. The summed E-state index contributed by atoms with van der Waals surface area (Å²) < 4.78 is 0. The molecular formula is C14H22N2OS. The van der Waals surface area contributed by atoms with Crippen molar-refractivity contribution in [3.05, 3.63) is 22.4 Å². The zero-order chi connectivity index (χ0) is 13.0. The molecule has 4 heteroatoms. The number of hydrogen-bond acceptors (Lipinski definition) is 3. The number of carbonyl (C=O) groups is 1. The fourth-order valence-electron chi connectivity index (χ4n) is 1.98. The van der Waals surface area contributed by atoms with Gasteiger partial charge in [-0.1, -0.05) is 19.9 Å². The number of nitrogens with one attached hydrogen (secondary N) is 2. The van der Waals surface area contributed by atoms with Crippen molar-refractivity contribution in [3.63, 3.8) is 0 Å². The van der Waals surface area contributed by atoms with Crippen LogP contribution in [-0.2, 0) is 4.79 Å². The van der Waals surface area contributed by atoms with Crippen LogP contribution < -0.4 is 10.6 Å². The van der Waals surface area contributed by atoms with Gasteiger partial charge in [-0.3, -0.25) is 4.79 Å². The minimum atomic E-state index is 0.103. The van der Waals surface area contributed by atoms with Crippen LogP contribution in [0.4, 0.5) is 0 Å². The lowest BCUT2D eigenvalue weighted by Crippen LogP contribution is -2.37. The summed E-state index contributed by atoms with van der Waals surface area (Å²) in [5.74, 6) is 1.33. The lowest BCUT2D eigenvalue weighted by atomic mass is 10.1. The minimum absolute atomic E-state index is 0.103. The molecule has 0 aliphatic heterocycles. The maximum Gasteiger partial charge on any atom is 0.233 e. The van der Waals surface area contributed by atoms with Crippen LogP contribution >= 0.6 is 11.3 Å². The molecule has 0 aromatic carbocycles. The first-order chi connectivity index (χ1) is 8.66. The van der Waals surface area contributed by atoms with Gasteiger partial charge in [0.15, 0.2) is 0 Å². The Morgan fingerprint density at radius 3 is 2.83 bits per heavy atom. The topological polar surface area (TPSA) is 41.1 Å². The molecule has 1 heterocycles. The van der Waals surface area contributed by atoms with E-state index in [0.29, 0.717) is 18.5 Å². The maximum absolute atomic E-state index is 11.7. The molecule has 1 unspecified atom stereocenters. The van der Waals surface area contributed by atoms with Crippen LogP contribution in [0.3, 0.4) is 0 Å². The summed E-state index contributed by atoms with van der Waals surface area (Å²) >= 11 is 1.78. The van der Waals surface area contributed by atoms with Gasteiger partial charge >= 0.3 is 0 Å². The Bertz CT molecular complexity index is 371. The van der Waals surface area contributed by atoms with Gasteiger partial charge in [0.25, 0.3) is 0 Å². The van der Waals surface area contributed by atoms with Gasteiger partial charge < -0.3 is 10.6 Å². The molecule has 2 rings (SSSR count). The molecule has 1 aromatic heterocycles. The summed E-state index contributed by atoms with van der Waals surface area (Å²) in [6, 6.07) is 4.61. The molecule has 1 atom stereocenters. The van der Waals surface area contributed by atoms with E-state index in [-0.39, 0.29) is 5.91 Å². The highest BCUT2D eigenvalue weighted by Crippen LogP contribution is 2.42. The van der Waals surface area contributed by atoms with E-state index in [1.54, 1.807) is 11.3 Å². The van der Waals surface area contributed by atoms with Gasteiger partial charge in [-0.25, -0.2) is 0 Å². The molecule has 1 amide bonds. The van der Waals surface area contributed by atoms with Crippen molar-refractivity contribution >= 4 is 17.2 Å². The second kappa shape index (κ2) is 6.34. The van der Waals surface area contributed by atoms with Gasteiger partial charge in [0.1, 0.15) is 0 Å². The third kappa shape index (κ3) is 4.10. The smallest absolute Gasteiger partial charge is 0.233 e. The third-order valence-corrected chi connectivity index (χ3v) is 4.09. The monoisotopic (exact) mass is 266 g/mol. The summed E-state index contributed by atoms with van der Waals surface area (Å²) in [6.07, 6.45) is 2.56. The molecule has 0 radical (unpaired) electrons. The predicted octanol–water partition coefficient (Wildman–Crippen LogP) is 2.56. The van der Waals surface area contributed by atoms with E-state index in [2.05, 4.69) is 42.0 Å². The van der Waals surface area contributed by atoms with Crippen molar-refractivity contribution < 1.29 is 4.79 Å². The molecule has 2 N–H and O–H groups in total. The van der Waals surface area contributed by atoms with E-state index < -0.39 is 0 Å². The summed E-state index contributed by atoms with van der Waals surface area (Å²) in [7, 11) is 0. The first kappa shape index (κ1) is 13.6. The van der Waals surface area contributed by atoms with Gasteiger partial charge in [0, 0.05) is 17.5 Å². The normalized spacial score (nSPS) is 16.8.